The lowest BCUT2D eigenvalue weighted by Crippen LogP contribution is -1.93. The molecule has 0 saturated heterocycles. The van der Waals surface area contributed by atoms with E-state index in [9.17, 15) is 0 Å². The molecule has 1 aromatic carbocycles. The van der Waals surface area contributed by atoms with Gasteiger partial charge in [-0.2, -0.15) is 5.10 Å². The van der Waals surface area contributed by atoms with Crippen LogP contribution >= 0.6 is 0 Å². The number of anilines is 1. The monoisotopic (exact) mass is 170 g/mol. The summed E-state index contributed by atoms with van der Waals surface area (Å²) in [4.78, 5) is 0. The maximum atomic E-state index is 4.19. The van der Waals surface area contributed by atoms with Gasteiger partial charge in [0.1, 0.15) is 0 Å². The highest BCUT2D eigenvalue weighted by Gasteiger charge is 1.92. The van der Waals surface area contributed by atoms with Crippen molar-refractivity contribution in [1.82, 2.24) is 0 Å². The molecule has 2 nitrogen and oxygen atoms in total. The van der Waals surface area contributed by atoms with Gasteiger partial charge in [0.15, 0.2) is 0 Å². The van der Waals surface area contributed by atoms with Crippen LogP contribution in [0.1, 0.15) is 0 Å². The van der Waals surface area contributed by atoms with Gasteiger partial charge < -0.3 is 0 Å². The molecule has 13 heavy (non-hydrogen) atoms. The molecule has 0 saturated carbocycles. The molecule has 1 aliphatic rings. The Hall–Kier alpha value is -1.83. The fourth-order valence-corrected chi connectivity index (χ4v) is 1.08. The van der Waals surface area contributed by atoms with Crippen LogP contribution in [-0.4, -0.2) is 5.71 Å². The molecule has 0 aliphatic heterocycles. The number of allylic oxidation sites excluding steroid dienone is 4. The van der Waals surface area contributed by atoms with Crippen LogP contribution in [-0.2, 0) is 0 Å². The van der Waals surface area contributed by atoms with Crippen molar-refractivity contribution in [3.63, 3.8) is 0 Å². The van der Waals surface area contributed by atoms with Gasteiger partial charge in [-0.25, -0.2) is 0 Å². The Morgan fingerprint density at radius 3 is 2.31 bits per heavy atom. The second-order valence-electron chi connectivity index (χ2n) is 2.73. The van der Waals surface area contributed by atoms with E-state index in [1.807, 2.05) is 54.6 Å². The lowest BCUT2D eigenvalue weighted by molar-refractivity contribution is 1.34. The van der Waals surface area contributed by atoms with E-state index >= 15 is 0 Å². The number of benzene rings is 1. The summed E-state index contributed by atoms with van der Waals surface area (Å²) < 4.78 is 0. The Morgan fingerprint density at radius 2 is 1.62 bits per heavy atom. The van der Waals surface area contributed by atoms with Gasteiger partial charge in [0, 0.05) is 0 Å². The van der Waals surface area contributed by atoms with Crippen molar-refractivity contribution in [3.05, 3.63) is 54.6 Å². The highest BCUT2D eigenvalue weighted by atomic mass is 15.3. The summed E-state index contributed by atoms with van der Waals surface area (Å²) in [5.74, 6) is 0. The number of nitrogens with zero attached hydrogens (tertiary/aromatic N) is 1. The van der Waals surface area contributed by atoms with Crippen LogP contribution in [0.2, 0.25) is 0 Å². The van der Waals surface area contributed by atoms with Gasteiger partial charge in [-0.15, -0.1) is 0 Å². The van der Waals surface area contributed by atoms with E-state index in [-0.39, 0.29) is 0 Å². The van der Waals surface area contributed by atoms with Gasteiger partial charge in [0.25, 0.3) is 0 Å². The Bertz CT molecular complexity index is 347. The summed E-state index contributed by atoms with van der Waals surface area (Å²) >= 11 is 0. The first kappa shape index (κ1) is 7.80. The van der Waals surface area contributed by atoms with E-state index in [1.54, 1.807) is 0 Å². The predicted octanol–water partition coefficient (Wildman–Crippen LogP) is 2.58. The van der Waals surface area contributed by atoms with Crippen molar-refractivity contribution in [2.24, 2.45) is 5.10 Å². The van der Waals surface area contributed by atoms with Crippen molar-refractivity contribution in [1.29, 1.82) is 0 Å². The van der Waals surface area contributed by atoms with Gasteiger partial charge in [-0.05, 0) is 24.3 Å². The molecule has 0 aromatic heterocycles. The van der Waals surface area contributed by atoms with E-state index in [0.717, 1.165) is 11.4 Å². The Balaban J connectivity index is 2.04. The van der Waals surface area contributed by atoms with Crippen LogP contribution in [0.25, 0.3) is 0 Å². The van der Waals surface area contributed by atoms with Gasteiger partial charge in [-0.3, -0.25) is 5.43 Å². The molecule has 2 heteroatoms. The molecular weight excluding hydrogens is 160 g/mol. The zero-order valence-corrected chi connectivity index (χ0v) is 7.14. The van der Waals surface area contributed by atoms with Crippen molar-refractivity contribution < 1.29 is 0 Å². The summed E-state index contributed by atoms with van der Waals surface area (Å²) in [7, 11) is 0. The third-order valence-corrected chi connectivity index (χ3v) is 1.73. The van der Waals surface area contributed by atoms with Crippen LogP contribution in [0.5, 0.6) is 0 Å². The molecule has 64 valence electrons. The van der Waals surface area contributed by atoms with Gasteiger partial charge in [0.2, 0.25) is 0 Å². The topological polar surface area (TPSA) is 24.4 Å². The van der Waals surface area contributed by atoms with Crippen LogP contribution in [0.3, 0.4) is 0 Å². The van der Waals surface area contributed by atoms with Crippen molar-refractivity contribution in [2.75, 3.05) is 5.43 Å². The maximum absolute atomic E-state index is 4.19. The van der Waals surface area contributed by atoms with Gasteiger partial charge in [-0.1, -0.05) is 30.4 Å². The molecule has 0 unspecified atom stereocenters. The summed E-state index contributed by atoms with van der Waals surface area (Å²) in [5, 5.41) is 4.19. The summed E-state index contributed by atoms with van der Waals surface area (Å²) in [6.45, 7) is 0. The first-order valence-corrected chi connectivity index (χ1v) is 4.19. The van der Waals surface area contributed by atoms with E-state index in [4.69, 9.17) is 0 Å². The lowest BCUT2D eigenvalue weighted by atomic mass is 10.3. The van der Waals surface area contributed by atoms with Crippen LogP contribution < -0.4 is 5.43 Å². The minimum absolute atomic E-state index is 0.948. The van der Waals surface area contributed by atoms with E-state index < -0.39 is 0 Å². The second-order valence-corrected chi connectivity index (χ2v) is 2.73. The number of para-hydroxylation sites is 1. The number of hydrogen-bond acceptors (Lipinski definition) is 2. The number of hydrazone groups is 1. The minimum Gasteiger partial charge on any atom is -0.278 e. The number of nitrogens with one attached hydrogen (secondary N) is 1. The third-order valence-electron chi connectivity index (χ3n) is 1.73. The van der Waals surface area contributed by atoms with E-state index in [0.29, 0.717) is 0 Å². The van der Waals surface area contributed by atoms with Gasteiger partial charge >= 0.3 is 0 Å². The first-order valence-electron chi connectivity index (χ1n) is 4.19. The van der Waals surface area contributed by atoms with Crippen molar-refractivity contribution >= 4 is 11.4 Å². The molecule has 0 fully saturated rings. The number of rotatable bonds is 2. The molecule has 0 amide bonds. The Kier molecular flexibility index (Phi) is 2.23. The third kappa shape index (κ3) is 2.06. The van der Waals surface area contributed by atoms with Crippen LogP contribution in [0.4, 0.5) is 5.69 Å². The molecule has 0 atom stereocenters. The van der Waals surface area contributed by atoms with Crippen LogP contribution in [0, 0.1) is 0 Å². The molecular formula is C11H10N2. The zero-order chi connectivity index (χ0) is 8.93. The summed E-state index contributed by atoms with van der Waals surface area (Å²) in [6.07, 6.45) is 7.84. The zero-order valence-electron chi connectivity index (χ0n) is 7.14. The van der Waals surface area contributed by atoms with Gasteiger partial charge in [0.05, 0.1) is 11.4 Å². The second kappa shape index (κ2) is 3.72. The first-order chi connectivity index (χ1) is 6.45. The lowest BCUT2D eigenvalue weighted by Gasteiger charge is -1.98. The Labute approximate surface area is 77.3 Å². The normalized spacial score (nSPS) is 13.4. The number of hydrogen-bond donors (Lipinski definition) is 1. The predicted molar refractivity (Wildman–Crippen MR) is 55.8 cm³/mol. The molecule has 1 aliphatic carbocycles. The molecule has 0 heterocycles. The maximum Gasteiger partial charge on any atom is 0.0833 e. The van der Waals surface area contributed by atoms with E-state index in [2.05, 4.69) is 10.5 Å². The SMILES string of the molecule is C1=CC(=NNc2ccccc2)C=C1. The summed E-state index contributed by atoms with van der Waals surface area (Å²) in [5.41, 5.74) is 4.92. The van der Waals surface area contributed by atoms with Crippen LogP contribution in [0.15, 0.2) is 59.7 Å². The molecule has 2 rings (SSSR count). The van der Waals surface area contributed by atoms with Crippen molar-refractivity contribution in [3.8, 4) is 0 Å². The van der Waals surface area contributed by atoms with E-state index in [1.165, 1.54) is 0 Å². The fraction of sp³-hybridized carbons (Fsp3) is 0. The molecule has 0 bridgehead atoms. The summed E-state index contributed by atoms with van der Waals surface area (Å²) in [6, 6.07) is 9.89. The average molecular weight is 170 g/mol. The molecule has 1 N–H and O–H groups in total. The molecule has 1 aromatic rings. The quantitative estimate of drug-likeness (QED) is 0.678. The smallest absolute Gasteiger partial charge is 0.0833 e. The standard InChI is InChI=1S/C11H10N2/c1-2-6-10(7-3-1)12-13-11-8-4-5-9-11/h1-9,12H. The van der Waals surface area contributed by atoms with Crippen molar-refractivity contribution in [2.45, 2.75) is 0 Å². The average Bonchev–Trinajstić information content (AvgIpc) is 2.69. The highest BCUT2D eigenvalue weighted by molar-refractivity contribution is 6.06. The Morgan fingerprint density at radius 1 is 0.923 bits per heavy atom. The molecule has 0 radical (unpaired) electrons. The minimum atomic E-state index is 0.948. The largest absolute Gasteiger partial charge is 0.278 e. The highest BCUT2D eigenvalue weighted by Crippen LogP contribution is 2.05. The fourth-order valence-electron chi connectivity index (χ4n) is 1.08. The molecule has 0 spiro atoms.